The molecule has 0 spiro atoms. The summed E-state index contributed by atoms with van der Waals surface area (Å²) in [5.74, 6) is 2.25. The molecule has 0 aliphatic rings. The lowest BCUT2D eigenvalue weighted by Crippen LogP contribution is -2.27. The molecule has 0 saturated carbocycles. The van der Waals surface area contributed by atoms with Gasteiger partial charge in [-0.15, -0.1) is 6.42 Å². The number of nitrogens with zero attached hydrogens (tertiary/aromatic N) is 1. The second kappa shape index (κ2) is 5.52. The molecule has 0 atom stereocenters. The number of terminal acetylenes is 1. The lowest BCUT2D eigenvalue weighted by molar-refractivity contribution is 0.281. The van der Waals surface area contributed by atoms with E-state index >= 15 is 0 Å². The summed E-state index contributed by atoms with van der Waals surface area (Å²) in [7, 11) is -2.34. The number of sulfonamides is 1. The van der Waals surface area contributed by atoms with Crippen LogP contribution in [0, 0.1) is 12.3 Å². The van der Waals surface area contributed by atoms with E-state index in [1.807, 2.05) is 0 Å². The second-order valence-corrected chi connectivity index (χ2v) is 5.81. The fourth-order valence-electron chi connectivity index (χ4n) is 1.23. The highest BCUT2D eigenvalue weighted by atomic mass is 35.5. The van der Waals surface area contributed by atoms with Gasteiger partial charge in [0.25, 0.3) is 0 Å². The van der Waals surface area contributed by atoms with Gasteiger partial charge in [-0.05, 0) is 17.7 Å². The van der Waals surface area contributed by atoms with Crippen LogP contribution < -0.4 is 0 Å². The Labute approximate surface area is 106 Å². The molecule has 1 rings (SSSR count). The van der Waals surface area contributed by atoms with E-state index in [4.69, 9.17) is 23.1 Å². The molecule has 1 aromatic carbocycles. The first-order valence-corrected chi connectivity index (χ1v) is 6.54. The van der Waals surface area contributed by atoms with Crippen LogP contribution in [0.25, 0.3) is 0 Å². The first-order valence-electron chi connectivity index (χ1n) is 4.72. The Morgan fingerprint density at radius 1 is 1.53 bits per heavy atom. The van der Waals surface area contributed by atoms with Crippen molar-refractivity contribution in [2.75, 3.05) is 13.6 Å². The molecule has 0 unspecified atom stereocenters. The van der Waals surface area contributed by atoms with Gasteiger partial charge in [0.1, 0.15) is 4.90 Å². The Morgan fingerprint density at radius 2 is 2.18 bits per heavy atom. The molecule has 0 aromatic heterocycles. The number of rotatable bonds is 4. The molecule has 1 aromatic rings. The molecule has 0 aliphatic heterocycles. The highest BCUT2D eigenvalue weighted by molar-refractivity contribution is 7.89. The number of benzene rings is 1. The maximum Gasteiger partial charge on any atom is 0.245 e. The predicted octanol–water partition coefficient (Wildman–Crippen LogP) is 1.09. The van der Waals surface area contributed by atoms with Crippen molar-refractivity contribution in [1.82, 2.24) is 4.31 Å². The third-order valence-corrected chi connectivity index (χ3v) is 4.47. The van der Waals surface area contributed by atoms with E-state index in [1.54, 1.807) is 6.07 Å². The zero-order chi connectivity index (χ0) is 13.1. The fraction of sp³-hybridized carbons (Fsp3) is 0.273. The maximum absolute atomic E-state index is 12.1. The largest absolute Gasteiger partial charge is 0.392 e. The summed E-state index contributed by atoms with van der Waals surface area (Å²) in [6.45, 7) is -0.291. The Kier molecular flexibility index (Phi) is 4.54. The Bertz CT molecular complexity index is 548. The van der Waals surface area contributed by atoms with Crippen molar-refractivity contribution in [2.24, 2.45) is 0 Å². The van der Waals surface area contributed by atoms with Gasteiger partial charge in [0.15, 0.2) is 0 Å². The van der Waals surface area contributed by atoms with Crippen molar-refractivity contribution in [3.63, 3.8) is 0 Å². The van der Waals surface area contributed by atoms with Gasteiger partial charge >= 0.3 is 0 Å². The summed E-state index contributed by atoms with van der Waals surface area (Å²) in [5, 5.41) is 9.08. The molecular formula is C11H12ClNO3S. The molecule has 0 saturated heterocycles. The van der Waals surface area contributed by atoms with Crippen molar-refractivity contribution in [2.45, 2.75) is 11.5 Å². The molecule has 0 fully saturated rings. The van der Waals surface area contributed by atoms with E-state index in [9.17, 15) is 8.42 Å². The topological polar surface area (TPSA) is 57.6 Å². The molecule has 4 nitrogen and oxygen atoms in total. The van der Waals surface area contributed by atoms with Crippen LogP contribution >= 0.6 is 11.6 Å². The zero-order valence-corrected chi connectivity index (χ0v) is 10.8. The summed E-state index contributed by atoms with van der Waals surface area (Å²) in [6, 6.07) is 4.33. The van der Waals surface area contributed by atoms with Gasteiger partial charge in [-0.3, -0.25) is 0 Å². The van der Waals surface area contributed by atoms with Gasteiger partial charge in [0, 0.05) is 7.05 Å². The van der Waals surface area contributed by atoms with E-state index in [1.165, 1.54) is 19.2 Å². The van der Waals surface area contributed by atoms with Gasteiger partial charge in [0.05, 0.1) is 18.2 Å². The lowest BCUT2D eigenvalue weighted by atomic mass is 10.2. The molecule has 92 valence electrons. The molecule has 0 aliphatic carbocycles. The molecule has 0 radical (unpaired) electrons. The van der Waals surface area contributed by atoms with Crippen LogP contribution in [0.4, 0.5) is 0 Å². The maximum atomic E-state index is 12.1. The van der Waals surface area contributed by atoms with Crippen molar-refractivity contribution < 1.29 is 13.5 Å². The lowest BCUT2D eigenvalue weighted by Gasteiger charge is -2.15. The van der Waals surface area contributed by atoms with E-state index < -0.39 is 10.0 Å². The molecule has 0 bridgehead atoms. The molecule has 0 heterocycles. The smallest absolute Gasteiger partial charge is 0.245 e. The Hall–Kier alpha value is -1.06. The third kappa shape index (κ3) is 2.99. The van der Waals surface area contributed by atoms with Crippen LogP contribution in [-0.4, -0.2) is 31.4 Å². The minimum atomic E-state index is -3.72. The van der Waals surface area contributed by atoms with Crippen molar-refractivity contribution >= 4 is 21.6 Å². The molecule has 0 amide bonds. The van der Waals surface area contributed by atoms with E-state index in [-0.39, 0.29) is 23.1 Å². The highest BCUT2D eigenvalue weighted by Crippen LogP contribution is 2.25. The monoisotopic (exact) mass is 273 g/mol. The van der Waals surface area contributed by atoms with Gasteiger partial charge in [0.2, 0.25) is 10.0 Å². The first-order chi connectivity index (χ1) is 7.93. The summed E-state index contributed by atoms with van der Waals surface area (Å²) in [6.07, 6.45) is 5.07. The standard InChI is InChI=1S/C11H12ClNO3S/c1-3-6-13(2)17(15,16)11-7-9(8-14)4-5-10(11)12/h1,4-5,7,14H,6,8H2,2H3. The predicted molar refractivity (Wildman–Crippen MR) is 66.0 cm³/mol. The molecule has 6 heteroatoms. The Balaban J connectivity index is 3.28. The molecular weight excluding hydrogens is 262 g/mol. The van der Waals surface area contributed by atoms with Crippen LogP contribution in [0.2, 0.25) is 5.02 Å². The number of halogens is 1. The number of aliphatic hydroxyl groups excluding tert-OH is 1. The SMILES string of the molecule is C#CCN(C)S(=O)(=O)c1cc(CO)ccc1Cl. The van der Waals surface area contributed by atoms with Crippen LogP contribution in [0.5, 0.6) is 0 Å². The van der Waals surface area contributed by atoms with E-state index in [2.05, 4.69) is 5.92 Å². The van der Waals surface area contributed by atoms with Crippen LogP contribution in [0.15, 0.2) is 23.1 Å². The van der Waals surface area contributed by atoms with Gasteiger partial charge < -0.3 is 5.11 Å². The van der Waals surface area contributed by atoms with Gasteiger partial charge in [-0.1, -0.05) is 23.6 Å². The van der Waals surface area contributed by atoms with Crippen molar-refractivity contribution in [3.05, 3.63) is 28.8 Å². The second-order valence-electron chi connectivity index (χ2n) is 3.39. The van der Waals surface area contributed by atoms with Gasteiger partial charge in [-0.2, -0.15) is 4.31 Å². The third-order valence-electron chi connectivity index (χ3n) is 2.18. The zero-order valence-electron chi connectivity index (χ0n) is 9.22. The first kappa shape index (κ1) is 14.0. The number of aliphatic hydroxyl groups is 1. The van der Waals surface area contributed by atoms with Crippen LogP contribution in [0.1, 0.15) is 5.56 Å². The van der Waals surface area contributed by atoms with Crippen LogP contribution in [0.3, 0.4) is 0 Å². The Morgan fingerprint density at radius 3 is 2.71 bits per heavy atom. The minimum absolute atomic E-state index is 0.0397. The van der Waals surface area contributed by atoms with Crippen molar-refractivity contribution in [3.8, 4) is 12.3 Å². The van der Waals surface area contributed by atoms with E-state index in [0.29, 0.717) is 5.56 Å². The van der Waals surface area contributed by atoms with Crippen LogP contribution in [-0.2, 0) is 16.6 Å². The number of hydrogen-bond donors (Lipinski definition) is 1. The average molecular weight is 274 g/mol. The normalized spacial score (nSPS) is 11.5. The minimum Gasteiger partial charge on any atom is -0.392 e. The summed E-state index contributed by atoms with van der Waals surface area (Å²) >= 11 is 5.84. The molecule has 17 heavy (non-hydrogen) atoms. The highest BCUT2D eigenvalue weighted by Gasteiger charge is 2.23. The average Bonchev–Trinajstić information content (AvgIpc) is 2.29. The quantitative estimate of drug-likeness (QED) is 0.836. The van der Waals surface area contributed by atoms with Crippen molar-refractivity contribution in [1.29, 1.82) is 0 Å². The van der Waals surface area contributed by atoms with Gasteiger partial charge in [-0.25, -0.2) is 8.42 Å². The molecule has 1 N–H and O–H groups in total. The van der Waals surface area contributed by atoms with E-state index in [0.717, 1.165) is 4.31 Å². The summed E-state index contributed by atoms with van der Waals surface area (Å²) in [4.78, 5) is -0.0523. The fourth-order valence-corrected chi connectivity index (χ4v) is 2.83. The summed E-state index contributed by atoms with van der Waals surface area (Å²) < 4.78 is 25.2. The number of hydrogen-bond acceptors (Lipinski definition) is 3. The summed E-state index contributed by atoms with van der Waals surface area (Å²) in [5.41, 5.74) is 0.474.